The summed E-state index contributed by atoms with van der Waals surface area (Å²) < 4.78 is 7.07. The van der Waals surface area contributed by atoms with E-state index in [4.69, 9.17) is 4.74 Å². The van der Waals surface area contributed by atoms with Crippen molar-refractivity contribution < 1.29 is 24.2 Å². The highest BCUT2D eigenvalue weighted by molar-refractivity contribution is 6.03. The van der Waals surface area contributed by atoms with Crippen LogP contribution in [-0.4, -0.2) is 75.6 Å². The number of ether oxygens (including phenoxy) is 1. The first kappa shape index (κ1) is 32.2. The molecule has 2 aromatic carbocycles. The van der Waals surface area contributed by atoms with Crippen LogP contribution in [0.3, 0.4) is 0 Å². The number of amides is 3. The number of hydrogen-bond acceptors (Lipinski definition) is 5. The minimum Gasteiger partial charge on any atom is -0.394 e. The lowest BCUT2D eigenvalue weighted by Gasteiger charge is -2.42. The summed E-state index contributed by atoms with van der Waals surface area (Å²) >= 11 is 0. The molecule has 3 heterocycles. The summed E-state index contributed by atoms with van der Waals surface area (Å²) in [4.78, 5) is 50.1. The highest BCUT2D eigenvalue weighted by Crippen LogP contribution is 2.66. The Hall–Kier alpha value is -3.75. The first-order valence-corrected chi connectivity index (χ1v) is 16.8. The first-order valence-electron chi connectivity index (χ1n) is 16.8. The third-order valence-corrected chi connectivity index (χ3v) is 11.2. The van der Waals surface area contributed by atoms with Crippen molar-refractivity contribution in [3.63, 3.8) is 0 Å². The second-order valence-electron chi connectivity index (χ2n) is 13.7. The molecule has 2 bridgehead atoms. The zero-order valence-electron chi connectivity index (χ0n) is 27.1. The van der Waals surface area contributed by atoms with Crippen molar-refractivity contribution in [3.8, 4) is 0 Å². The molecule has 8 heteroatoms. The van der Waals surface area contributed by atoms with E-state index in [1.165, 1.54) is 0 Å². The fourth-order valence-electron chi connectivity index (χ4n) is 9.03. The Balaban J connectivity index is 1.50. The van der Waals surface area contributed by atoms with Gasteiger partial charge in [0.1, 0.15) is 11.6 Å². The van der Waals surface area contributed by atoms with Gasteiger partial charge >= 0.3 is 0 Å². The maximum Gasteiger partial charge on any atom is 0.248 e. The van der Waals surface area contributed by atoms with Gasteiger partial charge in [-0.25, -0.2) is 0 Å². The molecule has 1 saturated carbocycles. The molecule has 3 unspecified atom stereocenters. The maximum atomic E-state index is 15.1. The van der Waals surface area contributed by atoms with E-state index in [-0.39, 0.29) is 42.8 Å². The summed E-state index contributed by atoms with van der Waals surface area (Å²) in [6.45, 7) is 12.1. The molecular weight excluding hydrogens is 578 g/mol. The smallest absolute Gasteiger partial charge is 0.248 e. The molecular formula is C38H47N3O5. The molecule has 0 radical (unpaired) electrons. The zero-order chi connectivity index (χ0) is 32.6. The molecule has 4 aliphatic rings. The van der Waals surface area contributed by atoms with Crippen LogP contribution in [0.1, 0.15) is 64.0 Å². The van der Waals surface area contributed by atoms with Crippen molar-refractivity contribution in [1.82, 2.24) is 9.80 Å². The lowest BCUT2D eigenvalue weighted by atomic mass is 9.62. The van der Waals surface area contributed by atoms with E-state index in [2.05, 4.69) is 20.1 Å². The zero-order valence-corrected chi connectivity index (χ0v) is 27.1. The van der Waals surface area contributed by atoms with Crippen molar-refractivity contribution in [2.24, 2.45) is 17.8 Å². The molecule has 0 aromatic heterocycles. The monoisotopic (exact) mass is 625 g/mol. The molecule has 7 atom stereocenters. The molecule has 6 rings (SSSR count). The molecule has 1 aliphatic carbocycles. The van der Waals surface area contributed by atoms with Gasteiger partial charge < -0.3 is 24.5 Å². The molecule has 4 fully saturated rings. The van der Waals surface area contributed by atoms with Crippen molar-refractivity contribution >= 4 is 23.4 Å². The molecule has 8 nitrogen and oxygen atoms in total. The second kappa shape index (κ2) is 12.8. The van der Waals surface area contributed by atoms with E-state index in [1.807, 2.05) is 72.5 Å². The number of rotatable bonds is 11. The number of anilines is 1. The summed E-state index contributed by atoms with van der Waals surface area (Å²) in [5.41, 5.74) is -0.751. The number of aliphatic hydroxyl groups excluding tert-OH is 1. The predicted molar refractivity (Wildman–Crippen MR) is 178 cm³/mol. The van der Waals surface area contributed by atoms with Gasteiger partial charge in [-0.05, 0) is 49.8 Å². The molecule has 1 N–H and O–H groups in total. The minimum absolute atomic E-state index is 0.0289. The molecule has 2 aromatic rings. The molecule has 3 aliphatic heterocycles. The number of aliphatic hydroxyl groups is 1. The quantitative estimate of drug-likeness (QED) is 0.343. The molecule has 244 valence electrons. The lowest BCUT2D eigenvalue weighted by Crippen LogP contribution is -2.59. The maximum absolute atomic E-state index is 15.1. The van der Waals surface area contributed by atoms with Crippen molar-refractivity contribution in [2.45, 2.75) is 81.7 Å². The lowest BCUT2D eigenvalue weighted by molar-refractivity contribution is -0.157. The Labute approximate surface area is 272 Å². The number of benzene rings is 2. The Morgan fingerprint density at radius 2 is 1.63 bits per heavy atom. The highest BCUT2D eigenvalue weighted by Gasteiger charge is 2.80. The Morgan fingerprint density at radius 3 is 2.24 bits per heavy atom. The number of hydrogen-bond donors (Lipinski definition) is 1. The third kappa shape index (κ3) is 5.01. The van der Waals surface area contributed by atoms with E-state index < -0.39 is 35.1 Å². The molecule has 3 saturated heterocycles. The van der Waals surface area contributed by atoms with Gasteiger partial charge in [0.15, 0.2) is 0 Å². The Kier molecular flexibility index (Phi) is 8.96. The van der Waals surface area contributed by atoms with Gasteiger partial charge in [0.25, 0.3) is 0 Å². The molecule has 46 heavy (non-hydrogen) atoms. The van der Waals surface area contributed by atoms with Crippen LogP contribution in [0.4, 0.5) is 5.69 Å². The van der Waals surface area contributed by atoms with E-state index in [9.17, 15) is 9.90 Å². The number of carbonyl (C=O) groups excluding carboxylic acids is 3. The van der Waals surface area contributed by atoms with Crippen LogP contribution in [0, 0.1) is 17.8 Å². The average molecular weight is 626 g/mol. The molecule has 1 spiro atoms. The summed E-state index contributed by atoms with van der Waals surface area (Å²) in [5, 5.41) is 10.9. The van der Waals surface area contributed by atoms with Gasteiger partial charge in [0.05, 0.1) is 30.1 Å². The van der Waals surface area contributed by atoms with Gasteiger partial charge in [-0.3, -0.25) is 14.4 Å². The number of carbonyl (C=O) groups is 3. The Morgan fingerprint density at radius 1 is 1.00 bits per heavy atom. The summed E-state index contributed by atoms with van der Waals surface area (Å²) in [6.07, 6.45) is 8.89. The number of fused-ring (bicyclic) bond motifs is 1. The average Bonchev–Trinajstić information content (AvgIpc) is 3.60. The van der Waals surface area contributed by atoms with E-state index in [1.54, 1.807) is 22.0 Å². The van der Waals surface area contributed by atoms with E-state index in [0.717, 1.165) is 37.7 Å². The van der Waals surface area contributed by atoms with Crippen molar-refractivity contribution in [2.75, 3.05) is 24.6 Å². The minimum atomic E-state index is -1.23. The van der Waals surface area contributed by atoms with E-state index in [0.29, 0.717) is 18.7 Å². The highest BCUT2D eigenvalue weighted by atomic mass is 16.5. The first-order chi connectivity index (χ1) is 22.2. The normalized spacial score (nSPS) is 30.9. The van der Waals surface area contributed by atoms with Crippen LogP contribution in [0.25, 0.3) is 0 Å². The summed E-state index contributed by atoms with van der Waals surface area (Å²) in [7, 11) is 0. The number of para-hydroxylation sites is 1. The van der Waals surface area contributed by atoms with Crippen molar-refractivity contribution in [3.05, 3.63) is 91.5 Å². The number of nitrogens with zero attached hydrogens (tertiary/aromatic N) is 3. The predicted octanol–water partition coefficient (Wildman–Crippen LogP) is 5.30. The van der Waals surface area contributed by atoms with Crippen LogP contribution >= 0.6 is 0 Å². The van der Waals surface area contributed by atoms with Crippen LogP contribution in [0.5, 0.6) is 0 Å². The topological polar surface area (TPSA) is 90.4 Å². The largest absolute Gasteiger partial charge is 0.394 e. The fraction of sp³-hybridized carbons (Fsp3) is 0.500. The van der Waals surface area contributed by atoms with Gasteiger partial charge in [-0.15, -0.1) is 13.2 Å². The van der Waals surface area contributed by atoms with Gasteiger partial charge in [0, 0.05) is 24.8 Å². The van der Waals surface area contributed by atoms with E-state index >= 15 is 9.59 Å². The fourth-order valence-corrected chi connectivity index (χ4v) is 9.03. The summed E-state index contributed by atoms with van der Waals surface area (Å²) in [6, 6.07) is 17.0. The van der Waals surface area contributed by atoms with Crippen LogP contribution in [0.15, 0.2) is 86.0 Å². The molecule has 3 amide bonds. The second-order valence-corrected chi connectivity index (χ2v) is 13.7. The standard InChI is InChI=1S/C38H47N3O5/c1-5-22-39(28-18-12-8-13-19-28)34(43)31-32-35(44)41(30(25-42)27-16-10-7-11-17-27)33(38(32)24-26(3)37(31,4)46-38)36(45)40(23-6-2)29-20-14-9-15-21-29/h5-8,10-13,16-19,26,29-33,42H,1-2,9,14-15,20-25H2,3-4H3/t26?,30-,31-,32+,33?,37+,38?/m1/s1. The Bertz CT molecular complexity index is 1460. The van der Waals surface area contributed by atoms with Crippen LogP contribution in [-0.2, 0) is 19.1 Å². The van der Waals surface area contributed by atoms with Crippen LogP contribution in [0.2, 0.25) is 0 Å². The SMILES string of the molecule is C=CCN(C(=O)[C@H]1[C@H]2C(=O)N([C@H](CO)c3ccccc3)C(C(=O)N(CC=C)C3CCCCC3)C23CC(C)[C@]1(C)O3)c1ccccc1. The third-order valence-electron chi connectivity index (χ3n) is 11.2. The van der Waals surface area contributed by atoms with Crippen molar-refractivity contribution in [1.29, 1.82) is 0 Å². The van der Waals surface area contributed by atoms with Gasteiger partial charge in [-0.1, -0.05) is 86.9 Å². The number of likely N-dealkylation sites (tertiary alicyclic amines) is 1. The van der Waals surface area contributed by atoms with Gasteiger partial charge in [-0.2, -0.15) is 0 Å². The summed E-state index contributed by atoms with van der Waals surface area (Å²) in [5.74, 6) is -2.54. The van der Waals surface area contributed by atoms with Crippen LogP contribution < -0.4 is 4.90 Å². The van der Waals surface area contributed by atoms with Gasteiger partial charge in [0.2, 0.25) is 17.7 Å².